The molecule has 0 fully saturated rings. The van der Waals surface area contributed by atoms with Crippen molar-refractivity contribution in [2.24, 2.45) is 0 Å². The highest BCUT2D eigenvalue weighted by Crippen LogP contribution is 2.14. The lowest BCUT2D eigenvalue weighted by molar-refractivity contribution is 0.0248. The zero-order valence-corrected chi connectivity index (χ0v) is 10.4. The van der Waals surface area contributed by atoms with Gasteiger partial charge in [-0.05, 0) is 13.0 Å². The van der Waals surface area contributed by atoms with Crippen LogP contribution in [-0.4, -0.2) is 48.9 Å². The molecule has 0 N–H and O–H groups in total. The lowest BCUT2D eigenvalue weighted by Gasteiger charge is -2.07. The van der Waals surface area contributed by atoms with E-state index in [0.717, 1.165) is 6.55 Å². The quantitative estimate of drug-likeness (QED) is 0.333. The molecule has 15 heavy (non-hydrogen) atoms. The molecule has 0 aromatic rings. The van der Waals surface area contributed by atoms with Crippen LogP contribution in [0, 0.1) is 0 Å². The summed E-state index contributed by atoms with van der Waals surface area (Å²) in [6.45, 7) is 3.50. The molecule has 0 heterocycles. The lowest BCUT2D eigenvalue weighted by Crippen LogP contribution is -2.17. The molecule has 0 atom stereocenters. The molecule has 6 heteroatoms. The Morgan fingerprint density at radius 3 is 2.00 bits per heavy atom. The van der Waals surface area contributed by atoms with Crippen LogP contribution in [0.3, 0.4) is 0 Å². The van der Waals surface area contributed by atoms with E-state index in [1.807, 2.05) is 0 Å². The van der Waals surface area contributed by atoms with Gasteiger partial charge in [0.15, 0.2) is 0 Å². The fourth-order valence-electron chi connectivity index (χ4n) is 0.949. The molecule has 0 saturated carbocycles. The normalized spacial score (nSPS) is 12.0. The smallest absolute Gasteiger partial charge is 0.382 e. The predicted molar refractivity (Wildman–Crippen MR) is 56.8 cm³/mol. The molecule has 0 aromatic carbocycles. The van der Waals surface area contributed by atoms with E-state index in [1.165, 1.54) is 0 Å². The van der Waals surface area contributed by atoms with E-state index in [9.17, 15) is 8.22 Å². The maximum absolute atomic E-state index is 12.5. The van der Waals surface area contributed by atoms with Crippen molar-refractivity contribution in [3.8, 4) is 0 Å². The van der Waals surface area contributed by atoms with Crippen molar-refractivity contribution in [1.82, 2.24) is 0 Å². The molecule has 0 aliphatic carbocycles. The van der Waals surface area contributed by atoms with Crippen molar-refractivity contribution in [2.45, 2.75) is 19.0 Å². The van der Waals surface area contributed by atoms with Crippen molar-refractivity contribution in [3.05, 3.63) is 0 Å². The molecule has 3 nitrogen and oxygen atoms in total. The highest BCUT2D eigenvalue weighted by molar-refractivity contribution is 6.64. The summed E-state index contributed by atoms with van der Waals surface area (Å²) in [6.07, 6.45) is 0.438. The maximum Gasteiger partial charge on any atom is 0.422 e. The molecule has 0 radical (unpaired) electrons. The van der Waals surface area contributed by atoms with Gasteiger partial charge in [-0.2, -0.15) is 0 Å². The van der Waals surface area contributed by atoms with Gasteiger partial charge in [0.2, 0.25) is 0 Å². The van der Waals surface area contributed by atoms with Crippen molar-refractivity contribution in [3.63, 3.8) is 0 Å². The summed E-state index contributed by atoms with van der Waals surface area (Å²) in [5.74, 6) is 0. The third-order valence-corrected chi connectivity index (χ3v) is 2.94. The van der Waals surface area contributed by atoms with Crippen molar-refractivity contribution < 1.29 is 22.4 Å². The van der Waals surface area contributed by atoms with Crippen LogP contribution < -0.4 is 0 Å². The standard InChI is InChI=1S/C9H20F2O3Si/c1-12-5-6-14-8-7-13-4-3-9-15(2,10)11/h3-9H2,1-2H3. The molecule has 0 aliphatic heterocycles. The minimum Gasteiger partial charge on any atom is -0.382 e. The number of methoxy groups -OCH3 is 1. The van der Waals surface area contributed by atoms with Gasteiger partial charge in [0.05, 0.1) is 26.4 Å². The Morgan fingerprint density at radius 1 is 0.933 bits per heavy atom. The van der Waals surface area contributed by atoms with Gasteiger partial charge in [-0.15, -0.1) is 0 Å². The molecular formula is C9H20F2O3Si. The summed E-state index contributed by atoms with van der Waals surface area (Å²) < 4.78 is 40.0. The van der Waals surface area contributed by atoms with Crippen molar-refractivity contribution in [2.75, 3.05) is 40.1 Å². The highest BCUT2D eigenvalue weighted by Gasteiger charge is 2.26. The Hall–Kier alpha value is -0.0431. The summed E-state index contributed by atoms with van der Waals surface area (Å²) >= 11 is 0. The largest absolute Gasteiger partial charge is 0.422 e. The van der Waals surface area contributed by atoms with E-state index in [4.69, 9.17) is 14.2 Å². The van der Waals surface area contributed by atoms with Crippen LogP contribution in [0.4, 0.5) is 8.22 Å². The van der Waals surface area contributed by atoms with Crippen LogP contribution >= 0.6 is 0 Å². The van der Waals surface area contributed by atoms with Gasteiger partial charge in [-0.25, -0.2) is 0 Å². The number of hydrogen-bond acceptors (Lipinski definition) is 3. The van der Waals surface area contributed by atoms with Gasteiger partial charge < -0.3 is 14.2 Å². The molecular weight excluding hydrogens is 222 g/mol. The van der Waals surface area contributed by atoms with Gasteiger partial charge in [0, 0.05) is 19.8 Å². The van der Waals surface area contributed by atoms with E-state index in [0.29, 0.717) is 39.5 Å². The van der Waals surface area contributed by atoms with Crippen LogP contribution in [0.15, 0.2) is 0 Å². The van der Waals surface area contributed by atoms with E-state index in [1.54, 1.807) is 7.11 Å². The molecule has 92 valence electrons. The molecule has 0 bridgehead atoms. The first-order valence-electron chi connectivity index (χ1n) is 5.08. The third kappa shape index (κ3) is 14.0. The maximum atomic E-state index is 12.5. The second-order valence-corrected chi connectivity index (χ2v) is 6.03. The molecule has 0 rings (SSSR count). The summed E-state index contributed by atoms with van der Waals surface area (Å²) in [4.78, 5) is 0. The lowest BCUT2D eigenvalue weighted by atomic mass is 10.5. The zero-order valence-electron chi connectivity index (χ0n) is 9.43. The Labute approximate surface area is 91.1 Å². The average Bonchev–Trinajstić information content (AvgIpc) is 2.14. The average molecular weight is 242 g/mol. The Morgan fingerprint density at radius 2 is 1.47 bits per heavy atom. The topological polar surface area (TPSA) is 27.7 Å². The molecule has 0 amide bonds. The molecule has 0 saturated heterocycles. The zero-order chi connectivity index (χ0) is 11.6. The van der Waals surface area contributed by atoms with E-state index in [2.05, 4.69) is 0 Å². The van der Waals surface area contributed by atoms with E-state index < -0.39 is 8.74 Å². The summed E-state index contributed by atoms with van der Waals surface area (Å²) in [6, 6.07) is 0.0114. The minimum atomic E-state index is -3.87. The summed E-state index contributed by atoms with van der Waals surface area (Å²) in [5.41, 5.74) is 0. The highest BCUT2D eigenvalue weighted by atomic mass is 28.4. The SMILES string of the molecule is COCCOCCOCCC[Si](C)(F)F. The Bertz CT molecular complexity index is 142. The second-order valence-electron chi connectivity index (χ2n) is 3.39. The van der Waals surface area contributed by atoms with E-state index >= 15 is 0 Å². The van der Waals surface area contributed by atoms with Crippen LogP contribution in [-0.2, 0) is 14.2 Å². The number of ether oxygens (including phenoxy) is 3. The van der Waals surface area contributed by atoms with Crippen LogP contribution in [0.25, 0.3) is 0 Å². The van der Waals surface area contributed by atoms with Gasteiger partial charge >= 0.3 is 8.74 Å². The van der Waals surface area contributed by atoms with Gasteiger partial charge in [0.1, 0.15) is 0 Å². The van der Waals surface area contributed by atoms with Crippen LogP contribution in [0.5, 0.6) is 0 Å². The number of hydrogen-bond donors (Lipinski definition) is 0. The molecule has 0 aromatic heterocycles. The summed E-state index contributed by atoms with van der Waals surface area (Å²) in [5, 5.41) is 0. The Balaban J connectivity index is 2.99. The second kappa shape index (κ2) is 9.20. The molecule has 0 unspecified atom stereocenters. The van der Waals surface area contributed by atoms with Gasteiger partial charge in [-0.1, -0.05) is 0 Å². The first-order chi connectivity index (χ1) is 7.06. The monoisotopic (exact) mass is 242 g/mol. The summed E-state index contributed by atoms with van der Waals surface area (Å²) in [7, 11) is -2.27. The number of halogens is 2. The van der Waals surface area contributed by atoms with E-state index in [-0.39, 0.29) is 6.04 Å². The minimum absolute atomic E-state index is 0.0114. The first-order valence-corrected chi connectivity index (χ1v) is 7.55. The molecule has 0 spiro atoms. The van der Waals surface area contributed by atoms with Gasteiger partial charge in [0.25, 0.3) is 0 Å². The molecule has 0 aliphatic rings. The van der Waals surface area contributed by atoms with Crippen LogP contribution in [0.2, 0.25) is 12.6 Å². The van der Waals surface area contributed by atoms with Crippen molar-refractivity contribution in [1.29, 1.82) is 0 Å². The first kappa shape index (κ1) is 15.0. The fourth-order valence-corrected chi connectivity index (χ4v) is 1.71. The fraction of sp³-hybridized carbons (Fsp3) is 1.00. The third-order valence-electron chi connectivity index (χ3n) is 1.71. The van der Waals surface area contributed by atoms with Crippen LogP contribution in [0.1, 0.15) is 6.42 Å². The number of rotatable bonds is 10. The predicted octanol–water partition coefficient (Wildman–Crippen LogP) is 2.07. The van der Waals surface area contributed by atoms with Crippen molar-refractivity contribution >= 4 is 8.74 Å². The Kier molecular flexibility index (Phi) is 9.18. The van der Waals surface area contributed by atoms with Gasteiger partial charge in [-0.3, -0.25) is 8.22 Å².